The van der Waals surface area contributed by atoms with Crippen LogP contribution in [0.5, 0.6) is 0 Å². The molecule has 0 bridgehead atoms. The van der Waals surface area contributed by atoms with Crippen LogP contribution in [0.15, 0.2) is 60.7 Å². The van der Waals surface area contributed by atoms with Crippen molar-refractivity contribution < 1.29 is 27.5 Å². The van der Waals surface area contributed by atoms with Crippen LogP contribution in [0, 0.1) is 5.41 Å². The largest absolute Gasteiger partial charge is 0.444 e. The van der Waals surface area contributed by atoms with Gasteiger partial charge in [0.15, 0.2) is 0 Å². The van der Waals surface area contributed by atoms with Crippen molar-refractivity contribution in [2.45, 2.75) is 70.9 Å². The Morgan fingerprint density at radius 3 is 2.26 bits per heavy atom. The molecular formula is C29H39N3O6S. The quantitative estimate of drug-likeness (QED) is 0.381. The van der Waals surface area contributed by atoms with E-state index in [9.17, 15) is 22.8 Å². The zero-order valence-electron chi connectivity index (χ0n) is 23.1. The molecule has 1 aliphatic heterocycles. The summed E-state index contributed by atoms with van der Waals surface area (Å²) in [5, 5.41) is 5.26. The van der Waals surface area contributed by atoms with Gasteiger partial charge in [-0.25, -0.2) is 13.2 Å². The summed E-state index contributed by atoms with van der Waals surface area (Å²) in [5.41, 5.74) is 0.882. The van der Waals surface area contributed by atoms with Crippen molar-refractivity contribution >= 4 is 27.8 Å². The van der Waals surface area contributed by atoms with Crippen LogP contribution in [0.25, 0.3) is 0 Å². The second-order valence-corrected chi connectivity index (χ2v) is 12.7. The fraction of sp³-hybridized carbons (Fsp3) is 0.483. The SMILES string of the molecule is CCCC[C@H](NC(=O)O[C@@H]1CN(S(=O)(=O)Cc2ccccc2)CC1(C)C)C(=O)C(=O)N[C@H](C)c1ccccc1. The number of amides is 2. The normalized spacial score (nSPS) is 18.6. The van der Waals surface area contributed by atoms with Crippen LogP contribution < -0.4 is 10.6 Å². The minimum atomic E-state index is -3.63. The van der Waals surface area contributed by atoms with Gasteiger partial charge >= 0.3 is 6.09 Å². The van der Waals surface area contributed by atoms with Gasteiger partial charge in [0, 0.05) is 12.0 Å². The third-order valence-electron chi connectivity index (χ3n) is 6.99. The number of hydrogen-bond donors (Lipinski definition) is 2. The van der Waals surface area contributed by atoms with E-state index in [4.69, 9.17) is 4.74 Å². The molecule has 0 saturated carbocycles. The lowest BCUT2D eigenvalue weighted by molar-refractivity contribution is -0.139. The fourth-order valence-corrected chi connectivity index (χ4v) is 6.26. The van der Waals surface area contributed by atoms with Crippen molar-refractivity contribution in [3.8, 4) is 0 Å². The number of nitrogens with one attached hydrogen (secondary N) is 2. The Hall–Kier alpha value is -3.24. The molecule has 0 aromatic heterocycles. The number of ether oxygens (including phenoxy) is 1. The van der Waals surface area contributed by atoms with E-state index in [-0.39, 0.29) is 31.3 Å². The maximum atomic E-state index is 13.1. The van der Waals surface area contributed by atoms with Gasteiger partial charge < -0.3 is 15.4 Å². The summed E-state index contributed by atoms with van der Waals surface area (Å²) in [5.74, 6) is -1.68. The Bertz CT molecular complexity index is 1230. The average molecular weight is 558 g/mol. The Kier molecular flexibility index (Phi) is 10.3. The number of alkyl carbamates (subject to hydrolysis) is 1. The van der Waals surface area contributed by atoms with Crippen molar-refractivity contribution in [1.29, 1.82) is 0 Å². The molecule has 0 aliphatic carbocycles. The molecule has 212 valence electrons. The molecule has 1 saturated heterocycles. The predicted molar refractivity (Wildman–Crippen MR) is 149 cm³/mol. The zero-order chi connectivity index (χ0) is 28.6. The molecule has 1 fully saturated rings. The summed E-state index contributed by atoms with van der Waals surface area (Å²) in [6.45, 7) is 7.60. The van der Waals surface area contributed by atoms with Gasteiger partial charge in [0.25, 0.3) is 5.91 Å². The van der Waals surface area contributed by atoms with E-state index >= 15 is 0 Å². The van der Waals surface area contributed by atoms with Crippen molar-refractivity contribution in [1.82, 2.24) is 14.9 Å². The molecular weight excluding hydrogens is 518 g/mol. The number of nitrogens with zero attached hydrogens (tertiary/aromatic N) is 1. The van der Waals surface area contributed by atoms with Crippen LogP contribution in [-0.2, 0) is 30.1 Å². The lowest BCUT2D eigenvalue weighted by atomic mass is 9.90. The van der Waals surface area contributed by atoms with Crippen molar-refractivity contribution in [3.05, 3.63) is 71.8 Å². The fourth-order valence-electron chi connectivity index (χ4n) is 4.57. The standard InChI is InChI=1S/C29H39N3O6S/c1-5-6-17-24(26(33)27(34)30-21(2)23-15-11-8-12-16-23)31-28(35)38-25-18-32(20-29(25,3)4)39(36,37)19-22-13-9-7-10-14-22/h7-16,21,24-25H,5-6,17-20H2,1-4H3,(H,30,34)(H,31,35)/t21-,24+,25-/m1/s1. The molecule has 39 heavy (non-hydrogen) atoms. The maximum Gasteiger partial charge on any atom is 0.408 e. The number of sulfonamides is 1. The Morgan fingerprint density at radius 2 is 1.64 bits per heavy atom. The van der Waals surface area contributed by atoms with Crippen LogP contribution >= 0.6 is 0 Å². The highest BCUT2D eigenvalue weighted by molar-refractivity contribution is 7.88. The molecule has 0 radical (unpaired) electrons. The molecule has 2 aromatic rings. The van der Waals surface area contributed by atoms with E-state index in [1.54, 1.807) is 31.2 Å². The Balaban J connectivity index is 1.62. The number of Topliss-reactive ketones (excluding diaryl/α,β-unsaturated/α-hetero) is 1. The molecule has 3 atom stereocenters. The smallest absolute Gasteiger partial charge is 0.408 e. The molecule has 9 nitrogen and oxygen atoms in total. The number of rotatable bonds is 12. The summed E-state index contributed by atoms with van der Waals surface area (Å²) in [7, 11) is -3.63. The second-order valence-electron chi connectivity index (χ2n) is 10.7. The van der Waals surface area contributed by atoms with Gasteiger partial charge in [-0.2, -0.15) is 4.31 Å². The molecule has 2 amide bonds. The zero-order valence-corrected chi connectivity index (χ0v) is 23.9. The van der Waals surface area contributed by atoms with E-state index in [2.05, 4.69) is 10.6 Å². The predicted octanol–water partition coefficient (Wildman–Crippen LogP) is 3.96. The first-order valence-corrected chi connectivity index (χ1v) is 14.9. The monoisotopic (exact) mass is 557 g/mol. The maximum absolute atomic E-state index is 13.1. The topological polar surface area (TPSA) is 122 Å². The highest BCUT2D eigenvalue weighted by atomic mass is 32.2. The Morgan fingerprint density at radius 1 is 1.03 bits per heavy atom. The van der Waals surface area contributed by atoms with Gasteiger partial charge in [-0.1, -0.05) is 94.3 Å². The third-order valence-corrected chi connectivity index (χ3v) is 8.75. The summed E-state index contributed by atoms with van der Waals surface area (Å²) >= 11 is 0. The number of hydrogen-bond acceptors (Lipinski definition) is 6. The summed E-state index contributed by atoms with van der Waals surface area (Å²) in [4.78, 5) is 38.6. The number of carbonyl (C=O) groups is 3. The van der Waals surface area contributed by atoms with Gasteiger partial charge in [-0.3, -0.25) is 9.59 Å². The molecule has 1 heterocycles. The number of carbonyl (C=O) groups excluding carboxylic acids is 3. The molecule has 1 aliphatic rings. The van der Waals surface area contributed by atoms with Gasteiger partial charge in [0.1, 0.15) is 12.1 Å². The van der Waals surface area contributed by atoms with Gasteiger partial charge in [-0.15, -0.1) is 0 Å². The van der Waals surface area contributed by atoms with Crippen molar-refractivity contribution in [2.24, 2.45) is 5.41 Å². The highest BCUT2D eigenvalue weighted by Gasteiger charge is 2.46. The van der Waals surface area contributed by atoms with Crippen molar-refractivity contribution in [2.75, 3.05) is 13.1 Å². The molecule has 0 spiro atoms. The third kappa shape index (κ3) is 8.37. The van der Waals surface area contributed by atoms with Crippen LogP contribution in [-0.4, -0.2) is 55.7 Å². The minimum absolute atomic E-state index is 0.0121. The minimum Gasteiger partial charge on any atom is -0.444 e. The lowest BCUT2D eigenvalue weighted by Gasteiger charge is -2.26. The van der Waals surface area contributed by atoms with Crippen LogP contribution in [0.3, 0.4) is 0 Å². The molecule has 2 N–H and O–H groups in total. The summed E-state index contributed by atoms with van der Waals surface area (Å²) < 4.78 is 33.1. The average Bonchev–Trinajstić information content (AvgIpc) is 3.21. The summed E-state index contributed by atoms with van der Waals surface area (Å²) in [6, 6.07) is 16.7. The first-order chi connectivity index (χ1) is 18.4. The molecule has 0 unspecified atom stereocenters. The van der Waals surface area contributed by atoms with Gasteiger partial charge in [0.2, 0.25) is 15.8 Å². The number of ketones is 1. The first-order valence-electron chi connectivity index (χ1n) is 13.3. The van der Waals surface area contributed by atoms with Crippen LogP contribution in [0.2, 0.25) is 0 Å². The van der Waals surface area contributed by atoms with Crippen LogP contribution in [0.4, 0.5) is 4.79 Å². The van der Waals surface area contributed by atoms with Crippen molar-refractivity contribution in [3.63, 3.8) is 0 Å². The van der Waals surface area contributed by atoms with E-state index in [0.29, 0.717) is 12.0 Å². The van der Waals surface area contributed by atoms with E-state index in [1.165, 1.54) is 4.31 Å². The summed E-state index contributed by atoms with van der Waals surface area (Å²) in [6.07, 6.45) is 0.0968. The van der Waals surface area contributed by atoms with E-state index < -0.39 is 45.4 Å². The molecule has 10 heteroatoms. The Labute approximate surface area is 231 Å². The van der Waals surface area contributed by atoms with Crippen LogP contribution in [0.1, 0.15) is 64.1 Å². The number of benzene rings is 2. The highest BCUT2D eigenvalue weighted by Crippen LogP contribution is 2.34. The lowest BCUT2D eigenvalue weighted by Crippen LogP contribution is -2.49. The molecule has 2 aromatic carbocycles. The van der Waals surface area contributed by atoms with E-state index in [1.807, 2.05) is 57.2 Å². The second kappa shape index (κ2) is 13.2. The molecule has 3 rings (SSSR count). The van der Waals surface area contributed by atoms with Gasteiger partial charge in [-0.05, 0) is 24.5 Å². The number of unbranched alkanes of at least 4 members (excludes halogenated alkanes) is 1. The van der Waals surface area contributed by atoms with Gasteiger partial charge in [0.05, 0.1) is 18.3 Å². The first kappa shape index (κ1) is 30.3. The van der Waals surface area contributed by atoms with E-state index in [0.717, 1.165) is 12.0 Å².